The Morgan fingerprint density at radius 1 is 1.21 bits per heavy atom. The van der Waals surface area contributed by atoms with Crippen molar-refractivity contribution in [3.8, 4) is 0 Å². The highest BCUT2D eigenvalue weighted by Gasteiger charge is 2.11. The number of hydrogen-bond donors (Lipinski definition) is 2. The minimum Gasteiger partial charge on any atom is -0.406 e. The molecule has 1 aromatic carbocycles. The molecule has 2 N–H and O–H groups in total. The third kappa shape index (κ3) is 3.32. The molecule has 0 aliphatic rings. The average molecular weight is 260 g/mol. The molecule has 0 spiro atoms. The van der Waals surface area contributed by atoms with Crippen molar-refractivity contribution in [2.24, 2.45) is 0 Å². The van der Waals surface area contributed by atoms with Crippen molar-refractivity contribution in [3.63, 3.8) is 0 Å². The standard InChI is InChI=1S/C14H20N4O/c1-4-11-7-5-6-8-12(11)9-16-14-18-17-13(19-14)10(2)15-3/h5-8,10,15H,4,9H2,1-3H3,(H,16,18). The van der Waals surface area contributed by atoms with Gasteiger partial charge in [-0.15, -0.1) is 5.10 Å². The Balaban J connectivity index is 2.00. The molecule has 0 bridgehead atoms. The number of nitrogens with zero attached hydrogens (tertiary/aromatic N) is 2. The van der Waals surface area contributed by atoms with Gasteiger partial charge in [-0.05, 0) is 31.5 Å². The van der Waals surface area contributed by atoms with E-state index in [9.17, 15) is 0 Å². The van der Waals surface area contributed by atoms with Crippen LogP contribution in [0.2, 0.25) is 0 Å². The largest absolute Gasteiger partial charge is 0.406 e. The molecule has 1 atom stereocenters. The van der Waals surface area contributed by atoms with Crippen LogP contribution in [0.1, 0.15) is 36.9 Å². The van der Waals surface area contributed by atoms with Crippen molar-refractivity contribution in [3.05, 3.63) is 41.3 Å². The summed E-state index contributed by atoms with van der Waals surface area (Å²) in [7, 11) is 1.86. The molecule has 1 unspecified atom stereocenters. The molecule has 102 valence electrons. The van der Waals surface area contributed by atoms with E-state index in [1.54, 1.807) is 0 Å². The summed E-state index contributed by atoms with van der Waals surface area (Å²) in [6, 6.07) is 8.87. The Kier molecular flexibility index (Phi) is 4.52. The van der Waals surface area contributed by atoms with Gasteiger partial charge in [0.05, 0.1) is 6.04 Å². The van der Waals surface area contributed by atoms with Crippen LogP contribution in [-0.4, -0.2) is 17.2 Å². The smallest absolute Gasteiger partial charge is 0.315 e. The van der Waals surface area contributed by atoms with Crippen LogP contribution in [-0.2, 0) is 13.0 Å². The zero-order valence-corrected chi connectivity index (χ0v) is 11.6. The summed E-state index contributed by atoms with van der Waals surface area (Å²) in [5, 5.41) is 14.2. The summed E-state index contributed by atoms with van der Waals surface area (Å²) in [6.07, 6.45) is 1.02. The van der Waals surface area contributed by atoms with Gasteiger partial charge >= 0.3 is 6.01 Å². The fraction of sp³-hybridized carbons (Fsp3) is 0.429. The van der Waals surface area contributed by atoms with Gasteiger partial charge in [-0.2, -0.15) is 0 Å². The summed E-state index contributed by atoms with van der Waals surface area (Å²) < 4.78 is 5.54. The Morgan fingerprint density at radius 2 is 1.95 bits per heavy atom. The van der Waals surface area contributed by atoms with E-state index < -0.39 is 0 Å². The van der Waals surface area contributed by atoms with Gasteiger partial charge in [-0.25, -0.2) is 0 Å². The molecule has 0 amide bonds. The maximum Gasteiger partial charge on any atom is 0.315 e. The fourth-order valence-corrected chi connectivity index (χ4v) is 1.85. The Morgan fingerprint density at radius 3 is 2.63 bits per heavy atom. The Bertz CT molecular complexity index is 524. The van der Waals surface area contributed by atoms with Crippen molar-refractivity contribution in [2.45, 2.75) is 32.9 Å². The summed E-state index contributed by atoms with van der Waals surface area (Å²) >= 11 is 0. The molecule has 5 heteroatoms. The first-order valence-electron chi connectivity index (χ1n) is 6.56. The Hall–Kier alpha value is -1.88. The first-order valence-corrected chi connectivity index (χ1v) is 6.56. The number of nitrogens with one attached hydrogen (secondary N) is 2. The lowest BCUT2D eigenvalue weighted by atomic mass is 10.1. The van der Waals surface area contributed by atoms with E-state index in [0.717, 1.165) is 6.42 Å². The van der Waals surface area contributed by atoms with Crippen LogP contribution in [0.25, 0.3) is 0 Å². The fourth-order valence-electron chi connectivity index (χ4n) is 1.85. The van der Waals surface area contributed by atoms with E-state index in [4.69, 9.17) is 4.42 Å². The quantitative estimate of drug-likeness (QED) is 0.835. The molecule has 5 nitrogen and oxygen atoms in total. The number of anilines is 1. The lowest BCUT2D eigenvalue weighted by Crippen LogP contribution is -2.12. The van der Waals surface area contributed by atoms with Crippen molar-refractivity contribution < 1.29 is 4.42 Å². The summed E-state index contributed by atoms with van der Waals surface area (Å²) in [4.78, 5) is 0. The molecule has 2 aromatic rings. The zero-order valence-electron chi connectivity index (χ0n) is 11.6. The second kappa shape index (κ2) is 6.33. The van der Waals surface area contributed by atoms with Crippen LogP contribution in [0.5, 0.6) is 0 Å². The topological polar surface area (TPSA) is 63.0 Å². The van der Waals surface area contributed by atoms with Crippen LogP contribution in [0.15, 0.2) is 28.7 Å². The van der Waals surface area contributed by atoms with Gasteiger partial charge in [-0.3, -0.25) is 0 Å². The molecule has 1 aromatic heterocycles. The molecule has 2 rings (SSSR count). The zero-order chi connectivity index (χ0) is 13.7. The number of benzene rings is 1. The van der Waals surface area contributed by atoms with Crippen molar-refractivity contribution in [1.29, 1.82) is 0 Å². The Labute approximate surface area is 113 Å². The summed E-state index contributed by atoms with van der Waals surface area (Å²) in [6.45, 7) is 4.82. The van der Waals surface area contributed by atoms with Crippen molar-refractivity contribution in [1.82, 2.24) is 15.5 Å². The number of aromatic nitrogens is 2. The number of aryl methyl sites for hydroxylation is 1. The van der Waals surface area contributed by atoms with Crippen molar-refractivity contribution in [2.75, 3.05) is 12.4 Å². The van der Waals surface area contributed by atoms with Gasteiger partial charge in [0.25, 0.3) is 0 Å². The monoisotopic (exact) mass is 260 g/mol. The normalized spacial score (nSPS) is 12.4. The van der Waals surface area contributed by atoms with Gasteiger partial charge < -0.3 is 15.1 Å². The highest BCUT2D eigenvalue weighted by Crippen LogP contribution is 2.15. The van der Waals surface area contributed by atoms with Crippen LogP contribution in [0, 0.1) is 0 Å². The predicted molar refractivity (Wildman–Crippen MR) is 74.9 cm³/mol. The molecule has 0 aliphatic carbocycles. The minimum atomic E-state index is 0.0611. The molecular weight excluding hydrogens is 240 g/mol. The van der Waals surface area contributed by atoms with Gasteiger partial charge in [0.15, 0.2) is 0 Å². The van der Waals surface area contributed by atoms with E-state index in [-0.39, 0.29) is 6.04 Å². The SMILES string of the molecule is CCc1ccccc1CNc1nnc(C(C)NC)o1. The third-order valence-corrected chi connectivity index (χ3v) is 3.17. The maximum atomic E-state index is 5.54. The lowest BCUT2D eigenvalue weighted by molar-refractivity contribution is 0.441. The second-order valence-corrected chi connectivity index (χ2v) is 4.43. The number of hydrogen-bond acceptors (Lipinski definition) is 5. The van der Waals surface area contributed by atoms with Crippen LogP contribution in [0.4, 0.5) is 6.01 Å². The number of rotatable bonds is 6. The molecular formula is C14H20N4O. The van der Waals surface area contributed by atoms with E-state index in [1.165, 1.54) is 11.1 Å². The molecule has 0 aliphatic heterocycles. The van der Waals surface area contributed by atoms with Gasteiger partial charge in [-0.1, -0.05) is 36.3 Å². The first-order chi connectivity index (χ1) is 9.24. The minimum absolute atomic E-state index is 0.0611. The summed E-state index contributed by atoms with van der Waals surface area (Å²) in [5.74, 6) is 0.591. The first kappa shape index (κ1) is 13.5. The van der Waals surface area contributed by atoms with Gasteiger partial charge in [0, 0.05) is 6.54 Å². The maximum absolute atomic E-state index is 5.54. The third-order valence-electron chi connectivity index (χ3n) is 3.17. The summed E-state index contributed by atoms with van der Waals surface area (Å²) in [5.41, 5.74) is 2.59. The highest BCUT2D eigenvalue weighted by atomic mass is 16.4. The second-order valence-electron chi connectivity index (χ2n) is 4.43. The molecule has 0 saturated carbocycles. The predicted octanol–water partition coefficient (Wildman–Crippen LogP) is 2.52. The van der Waals surface area contributed by atoms with E-state index in [1.807, 2.05) is 20.0 Å². The molecule has 19 heavy (non-hydrogen) atoms. The molecule has 0 saturated heterocycles. The van der Waals surface area contributed by atoms with E-state index in [2.05, 4.69) is 46.0 Å². The van der Waals surface area contributed by atoms with Gasteiger partial charge in [0.2, 0.25) is 5.89 Å². The lowest BCUT2D eigenvalue weighted by Gasteiger charge is -2.07. The van der Waals surface area contributed by atoms with Crippen LogP contribution < -0.4 is 10.6 Å². The molecule has 1 heterocycles. The van der Waals surface area contributed by atoms with Crippen LogP contribution >= 0.6 is 0 Å². The van der Waals surface area contributed by atoms with E-state index >= 15 is 0 Å². The van der Waals surface area contributed by atoms with Crippen molar-refractivity contribution >= 4 is 6.01 Å². The van der Waals surface area contributed by atoms with Gasteiger partial charge in [0.1, 0.15) is 0 Å². The highest BCUT2D eigenvalue weighted by molar-refractivity contribution is 5.31. The molecule has 0 radical (unpaired) electrons. The molecule has 0 fully saturated rings. The van der Waals surface area contributed by atoms with Crippen LogP contribution in [0.3, 0.4) is 0 Å². The van der Waals surface area contributed by atoms with E-state index in [0.29, 0.717) is 18.5 Å². The average Bonchev–Trinajstić information content (AvgIpc) is 2.93.